The van der Waals surface area contributed by atoms with Crippen LogP contribution in [-0.2, 0) is 24.4 Å². The van der Waals surface area contributed by atoms with Crippen molar-refractivity contribution in [1.29, 1.82) is 0 Å². The molecule has 0 unspecified atom stereocenters. The Morgan fingerprint density at radius 2 is 1.70 bits per heavy atom. The highest BCUT2D eigenvalue weighted by Gasteiger charge is 2.00. The number of methoxy groups -OCH3 is 1. The van der Waals surface area contributed by atoms with Gasteiger partial charge in [-0.3, -0.25) is 0 Å². The summed E-state index contributed by atoms with van der Waals surface area (Å²) in [4.78, 5) is 0. The molecule has 0 aliphatic heterocycles. The number of halogens is 1. The van der Waals surface area contributed by atoms with E-state index in [4.69, 9.17) is 4.74 Å². The molecule has 1 N–H and O–H groups in total. The Balaban J connectivity index is 1.89. The molecule has 0 atom stereocenters. The molecule has 0 radical (unpaired) electrons. The summed E-state index contributed by atoms with van der Waals surface area (Å²) in [6.45, 7) is 3.93. The van der Waals surface area contributed by atoms with E-state index < -0.39 is 0 Å². The minimum Gasteiger partial charge on any atom is -0.380 e. The van der Waals surface area contributed by atoms with E-state index in [1.54, 1.807) is 14.0 Å². The van der Waals surface area contributed by atoms with Crippen LogP contribution in [0, 0.1) is 12.7 Å². The molecule has 2 aromatic carbocycles. The molecule has 0 aliphatic rings. The molecular weight excluding hydrogens is 253 g/mol. The first-order valence-electron chi connectivity index (χ1n) is 6.71. The van der Waals surface area contributed by atoms with E-state index >= 15 is 0 Å². The van der Waals surface area contributed by atoms with Crippen molar-refractivity contribution < 1.29 is 9.13 Å². The summed E-state index contributed by atoms with van der Waals surface area (Å²) in [7, 11) is 1.70. The summed E-state index contributed by atoms with van der Waals surface area (Å²) < 4.78 is 18.3. The maximum absolute atomic E-state index is 13.2. The van der Waals surface area contributed by atoms with Crippen LogP contribution in [0.1, 0.15) is 22.3 Å². The molecule has 2 aromatic rings. The molecule has 0 fully saturated rings. The van der Waals surface area contributed by atoms with Gasteiger partial charge in [-0.2, -0.15) is 0 Å². The van der Waals surface area contributed by atoms with Gasteiger partial charge in [-0.15, -0.1) is 0 Å². The second kappa shape index (κ2) is 7.17. The van der Waals surface area contributed by atoms with Crippen molar-refractivity contribution in [2.45, 2.75) is 26.6 Å². The van der Waals surface area contributed by atoms with Crippen LogP contribution in [0.3, 0.4) is 0 Å². The Kier molecular flexibility index (Phi) is 5.27. The van der Waals surface area contributed by atoms with Gasteiger partial charge in [0.1, 0.15) is 5.82 Å². The average Bonchev–Trinajstić information content (AvgIpc) is 2.44. The fourth-order valence-electron chi connectivity index (χ4n) is 2.16. The highest BCUT2D eigenvalue weighted by atomic mass is 19.1. The maximum atomic E-state index is 13.2. The molecule has 0 spiro atoms. The zero-order chi connectivity index (χ0) is 14.4. The quantitative estimate of drug-likeness (QED) is 0.868. The summed E-state index contributed by atoms with van der Waals surface area (Å²) in [6.07, 6.45) is 0. The SMILES string of the molecule is COCc1cccc(CNCc2ccc(F)c(C)c2)c1. The molecule has 0 heterocycles. The van der Waals surface area contributed by atoms with E-state index in [0.29, 0.717) is 12.2 Å². The molecule has 0 saturated carbocycles. The highest BCUT2D eigenvalue weighted by molar-refractivity contribution is 5.25. The van der Waals surface area contributed by atoms with Gasteiger partial charge in [-0.25, -0.2) is 4.39 Å². The Bertz CT molecular complexity index is 569. The van der Waals surface area contributed by atoms with Gasteiger partial charge in [-0.05, 0) is 35.2 Å². The van der Waals surface area contributed by atoms with Gasteiger partial charge in [0.25, 0.3) is 0 Å². The van der Waals surface area contributed by atoms with Crippen LogP contribution in [-0.4, -0.2) is 7.11 Å². The first kappa shape index (κ1) is 14.7. The summed E-state index contributed by atoms with van der Waals surface area (Å²) in [5.41, 5.74) is 4.17. The Hall–Kier alpha value is -1.71. The van der Waals surface area contributed by atoms with E-state index in [1.807, 2.05) is 18.2 Å². The third-order valence-corrected chi connectivity index (χ3v) is 3.18. The average molecular weight is 273 g/mol. The van der Waals surface area contributed by atoms with Crippen LogP contribution in [0.5, 0.6) is 0 Å². The van der Waals surface area contributed by atoms with Gasteiger partial charge in [0.2, 0.25) is 0 Å². The van der Waals surface area contributed by atoms with Gasteiger partial charge in [0.15, 0.2) is 0 Å². The second-order valence-electron chi connectivity index (χ2n) is 4.94. The molecule has 0 bridgehead atoms. The van der Waals surface area contributed by atoms with E-state index in [-0.39, 0.29) is 5.82 Å². The monoisotopic (exact) mass is 273 g/mol. The molecule has 2 rings (SSSR count). The highest BCUT2D eigenvalue weighted by Crippen LogP contribution is 2.10. The number of nitrogens with one attached hydrogen (secondary N) is 1. The van der Waals surface area contributed by atoms with Crippen molar-refractivity contribution in [3.05, 3.63) is 70.5 Å². The zero-order valence-electron chi connectivity index (χ0n) is 11.9. The Morgan fingerprint density at radius 1 is 1.00 bits per heavy atom. The fraction of sp³-hybridized carbons (Fsp3) is 0.294. The third-order valence-electron chi connectivity index (χ3n) is 3.18. The number of ether oxygens (including phenoxy) is 1. The number of benzene rings is 2. The molecule has 0 saturated heterocycles. The van der Waals surface area contributed by atoms with Gasteiger partial charge in [0.05, 0.1) is 6.61 Å². The largest absolute Gasteiger partial charge is 0.380 e. The minimum atomic E-state index is -0.152. The number of hydrogen-bond donors (Lipinski definition) is 1. The van der Waals surface area contributed by atoms with E-state index in [1.165, 1.54) is 17.2 Å². The summed E-state index contributed by atoms with van der Waals surface area (Å²) in [5, 5.41) is 3.37. The van der Waals surface area contributed by atoms with Crippen LogP contribution in [0.15, 0.2) is 42.5 Å². The second-order valence-corrected chi connectivity index (χ2v) is 4.94. The summed E-state index contributed by atoms with van der Waals surface area (Å²) in [6, 6.07) is 13.5. The van der Waals surface area contributed by atoms with Crippen molar-refractivity contribution in [3.63, 3.8) is 0 Å². The molecule has 0 aromatic heterocycles. The number of hydrogen-bond acceptors (Lipinski definition) is 2. The number of rotatable bonds is 6. The van der Waals surface area contributed by atoms with Crippen molar-refractivity contribution >= 4 is 0 Å². The van der Waals surface area contributed by atoms with Crippen molar-refractivity contribution in [3.8, 4) is 0 Å². The minimum absolute atomic E-state index is 0.152. The molecule has 20 heavy (non-hydrogen) atoms. The maximum Gasteiger partial charge on any atom is 0.126 e. The van der Waals surface area contributed by atoms with Crippen LogP contribution < -0.4 is 5.32 Å². The summed E-state index contributed by atoms with van der Waals surface area (Å²) in [5.74, 6) is -0.152. The van der Waals surface area contributed by atoms with E-state index in [9.17, 15) is 4.39 Å². The molecule has 106 valence electrons. The third kappa shape index (κ3) is 4.15. The number of aryl methyl sites for hydroxylation is 1. The van der Waals surface area contributed by atoms with Crippen LogP contribution in [0.4, 0.5) is 4.39 Å². The van der Waals surface area contributed by atoms with Crippen molar-refractivity contribution in [2.24, 2.45) is 0 Å². The standard InChI is InChI=1S/C17H20FNO/c1-13-8-15(6-7-17(13)18)11-19-10-14-4-3-5-16(9-14)12-20-2/h3-9,19H,10-12H2,1-2H3. The lowest BCUT2D eigenvalue weighted by Crippen LogP contribution is -2.13. The van der Waals surface area contributed by atoms with Crippen LogP contribution in [0.25, 0.3) is 0 Å². The van der Waals surface area contributed by atoms with Gasteiger partial charge in [-0.1, -0.05) is 36.4 Å². The topological polar surface area (TPSA) is 21.3 Å². The van der Waals surface area contributed by atoms with Crippen molar-refractivity contribution in [2.75, 3.05) is 7.11 Å². The molecule has 2 nitrogen and oxygen atoms in total. The van der Waals surface area contributed by atoms with Gasteiger partial charge in [0, 0.05) is 20.2 Å². The smallest absolute Gasteiger partial charge is 0.126 e. The molecule has 0 amide bonds. The van der Waals surface area contributed by atoms with Crippen LogP contribution >= 0.6 is 0 Å². The predicted octanol–water partition coefficient (Wildman–Crippen LogP) is 3.57. The molecule has 0 aliphatic carbocycles. The Labute approximate surface area is 119 Å². The van der Waals surface area contributed by atoms with Gasteiger partial charge >= 0.3 is 0 Å². The van der Waals surface area contributed by atoms with Crippen molar-refractivity contribution in [1.82, 2.24) is 5.32 Å². The summed E-state index contributed by atoms with van der Waals surface area (Å²) >= 11 is 0. The lowest BCUT2D eigenvalue weighted by molar-refractivity contribution is 0.185. The predicted molar refractivity (Wildman–Crippen MR) is 78.8 cm³/mol. The lowest BCUT2D eigenvalue weighted by Gasteiger charge is -2.08. The Morgan fingerprint density at radius 3 is 2.40 bits per heavy atom. The molecule has 3 heteroatoms. The normalized spacial score (nSPS) is 10.8. The van der Waals surface area contributed by atoms with Crippen LogP contribution in [0.2, 0.25) is 0 Å². The van der Waals surface area contributed by atoms with E-state index in [2.05, 4.69) is 23.5 Å². The lowest BCUT2D eigenvalue weighted by atomic mass is 10.1. The zero-order valence-corrected chi connectivity index (χ0v) is 11.9. The van der Waals surface area contributed by atoms with Gasteiger partial charge < -0.3 is 10.1 Å². The first-order valence-corrected chi connectivity index (χ1v) is 6.71. The van der Waals surface area contributed by atoms with E-state index in [0.717, 1.165) is 18.7 Å². The first-order chi connectivity index (χ1) is 9.69. The fourth-order valence-corrected chi connectivity index (χ4v) is 2.16. The molecular formula is C17H20FNO.